The van der Waals surface area contributed by atoms with Crippen LogP contribution in [-0.4, -0.2) is 42.3 Å². The number of nitrogens with one attached hydrogen (secondary N) is 1. The largest absolute Gasteiger partial charge is 0.368 e. The summed E-state index contributed by atoms with van der Waals surface area (Å²) in [4.78, 5) is 16.8. The van der Waals surface area contributed by atoms with Crippen LogP contribution in [0.5, 0.6) is 0 Å². The Bertz CT molecular complexity index is 1000. The minimum Gasteiger partial charge on any atom is -0.368 e. The summed E-state index contributed by atoms with van der Waals surface area (Å²) in [6, 6.07) is 12.3. The fraction of sp³-hybridized carbons (Fsp3) is 0.364. The van der Waals surface area contributed by atoms with Crippen LogP contribution in [-0.2, 0) is 6.54 Å². The van der Waals surface area contributed by atoms with Crippen LogP contribution in [0.1, 0.15) is 22.4 Å². The minimum atomic E-state index is -0.0515. The van der Waals surface area contributed by atoms with E-state index < -0.39 is 0 Å². The van der Waals surface area contributed by atoms with E-state index in [-0.39, 0.29) is 6.03 Å². The maximum atomic E-state index is 12.6. The van der Waals surface area contributed by atoms with Gasteiger partial charge in [0.15, 0.2) is 5.58 Å². The lowest BCUT2D eigenvalue weighted by Gasteiger charge is -2.37. The molecule has 2 aromatic carbocycles. The van der Waals surface area contributed by atoms with Crippen molar-refractivity contribution in [1.29, 1.82) is 0 Å². The molecule has 1 aromatic heterocycles. The molecule has 0 atom stereocenters. The lowest BCUT2D eigenvalue weighted by molar-refractivity contribution is 0.193. The second-order valence-electron chi connectivity index (χ2n) is 7.48. The first-order chi connectivity index (χ1) is 13.5. The monoisotopic (exact) mass is 378 g/mol. The Kier molecular flexibility index (Phi) is 4.94. The number of carbonyl (C=O) groups excluding carboxylic acids is 1. The van der Waals surface area contributed by atoms with Gasteiger partial charge < -0.3 is 19.6 Å². The van der Waals surface area contributed by atoms with E-state index in [4.69, 9.17) is 4.52 Å². The molecule has 6 heteroatoms. The Morgan fingerprint density at radius 2 is 1.89 bits per heavy atom. The quantitative estimate of drug-likeness (QED) is 0.753. The molecule has 0 bridgehead atoms. The number of piperazine rings is 1. The molecule has 0 unspecified atom stereocenters. The molecule has 4 rings (SSSR count). The van der Waals surface area contributed by atoms with E-state index in [1.165, 1.54) is 16.8 Å². The smallest absolute Gasteiger partial charge is 0.317 e. The van der Waals surface area contributed by atoms with E-state index in [1.807, 2.05) is 30.0 Å². The first-order valence-corrected chi connectivity index (χ1v) is 9.72. The summed E-state index contributed by atoms with van der Waals surface area (Å²) in [7, 11) is 0. The lowest BCUT2D eigenvalue weighted by atomic mass is 10.1. The molecule has 2 amide bonds. The third-order valence-corrected chi connectivity index (χ3v) is 5.59. The summed E-state index contributed by atoms with van der Waals surface area (Å²) in [6.45, 7) is 9.78. The number of hydrogen-bond donors (Lipinski definition) is 1. The molecular weight excluding hydrogens is 352 g/mol. The van der Waals surface area contributed by atoms with Crippen molar-refractivity contribution in [3.63, 3.8) is 0 Å². The molecule has 0 radical (unpaired) electrons. The van der Waals surface area contributed by atoms with Crippen LogP contribution in [0.25, 0.3) is 11.0 Å². The Balaban J connectivity index is 1.35. The van der Waals surface area contributed by atoms with Gasteiger partial charge in [-0.15, -0.1) is 0 Å². The molecule has 0 aliphatic carbocycles. The fourth-order valence-electron chi connectivity index (χ4n) is 3.73. The van der Waals surface area contributed by atoms with E-state index in [1.54, 1.807) is 0 Å². The SMILES string of the molecule is Cc1ccc2onc(CNC(=O)N3CCN(c4cccc(C)c4C)CC3)c2c1. The van der Waals surface area contributed by atoms with Crippen molar-refractivity contribution in [3.8, 4) is 0 Å². The maximum absolute atomic E-state index is 12.6. The topological polar surface area (TPSA) is 61.6 Å². The number of benzene rings is 2. The van der Waals surface area contributed by atoms with Crippen LogP contribution in [0.3, 0.4) is 0 Å². The molecule has 1 fully saturated rings. The zero-order valence-corrected chi connectivity index (χ0v) is 16.7. The van der Waals surface area contributed by atoms with Crippen LogP contribution < -0.4 is 10.2 Å². The van der Waals surface area contributed by atoms with Crippen LogP contribution in [0.2, 0.25) is 0 Å². The van der Waals surface area contributed by atoms with Crippen LogP contribution in [0.15, 0.2) is 40.9 Å². The lowest BCUT2D eigenvalue weighted by Crippen LogP contribution is -2.51. The van der Waals surface area contributed by atoms with Crippen molar-refractivity contribution in [3.05, 3.63) is 58.8 Å². The Hall–Kier alpha value is -3.02. The second kappa shape index (κ2) is 7.54. The molecular formula is C22H26N4O2. The number of fused-ring (bicyclic) bond motifs is 1. The van der Waals surface area contributed by atoms with Gasteiger partial charge in [0.1, 0.15) is 5.69 Å². The number of rotatable bonds is 3. The van der Waals surface area contributed by atoms with Gasteiger partial charge in [0.25, 0.3) is 0 Å². The molecule has 146 valence electrons. The summed E-state index contributed by atoms with van der Waals surface area (Å²) in [6.07, 6.45) is 0. The zero-order chi connectivity index (χ0) is 19.7. The summed E-state index contributed by atoms with van der Waals surface area (Å²) in [5.74, 6) is 0. The van der Waals surface area contributed by atoms with E-state index in [0.717, 1.165) is 35.3 Å². The predicted octanol–water partition coefficient (Wildman–Crippen LogP) is 3.78. The molecule has 1 aliphatic rings. The van der Waals surface area contributed by atoms with Crippen molar-refractivity contribution in [2.75, 3.05) is 31.1 Å². The number of urea groups is 1. The number of anilines is 1. The van der Waals surface area contributed by atoms with Gasteiger partial charge in [-0.05, 0) is 50.1 Å². The highest BCUT2D eigenvalue weighted by molar-refractivity contribution is 5.81. The first-order valence-electron chi connectivity index (χ1n) is 9.72. The minimum absolute atomic E-state index is 0.0515. The van der Waals surface area contributed by atoms with Gasteiger partial charge in [-0.25, -0.2) is 4.79 Å². The highest BCUT2D eigenvalue weighted by Crippen LogP contribution is 2.24. The standard InChI is InChI=1S/C22H26N4O2/c1-15-7-8-21-18(13-15)19(24-28-21)14-23-22(27)26-11-9-25(10-12-26)20-6-4-5-16(2)17(20)3/h4-8,13H,9-12,14H2,1-3H3,(H,23,27). The van der Waals surface area contributed by atoms with E-state index in [9.17, 15) is 4.79 Å². The summed E-state index contributed by atoms with van der Waals surface area (Å²) < 4.78 is 5.34. The van der Waals surface area contributed by atoms with Gasteiger partial charge in [0.05, 0.1) is 6.54 Å². The number of carbonyl (C=O) groups is 1. The molecule has 2 heterocycles. The van der Waals surface area contributed by atoms with Crippen molar-refractivity contribution < 1.29 is 9.32 Å². The van der Waals surface area contributed by atoms with E-state index >= 15 is 0 Å². The van der Waals surface area contributed by atoms with Gasteiger partial charge >= 0.3 is 6.03 Å². The number of aryl methyl sites for hydroxylation is 2. The Morgan fingerprint density at radius 3 is 2.68 bits per heavy atom. The van der Waals surface area contributed by atoms with Gasteiger partial charge in [0.2, 0.25) is 0 Å². The average Bonchev–Trinajstić information content (AvgIpc) is 3.10. The molecule has 6 nitrogen and oxygen atoms in total. The molecule has 0 spiro atoms. The van der Waals surface area contributed by atoms with Crippen molar-refractivity contribution in [2.45, 2.75) is 27.3 Å². The van der Waals surface area contributed by atoms with Crippen LogP contribution in [0, 0.1) is 20.8 Å². The van der Waals surface area contributed by atoms with Crippen molar-refractivity contribution >= 4 is 22.7 Å². The molecule has 1 N–H and O–H groups in total. The summed E-state index contributed by atoms with van der Waals surface area (Å²) >= 11 is 0. The third-order valence-electron chi connectivity index (χ3n) is 5.59. The normalized spacial score (nSPS) is 14.5. The highest BCUT2D eigenvalue weighted by Gasteiger charge is 2.22. The Morgan fingerprint density at radius 1 is 1.11 bits per heavy atom. The third kappa shape index (κ3) is 3.54. The number of nitrogens with zero attached hydrogens (tertiary/aromatic N) is 3. The summed E-state index contributed by atoms with van der Waals surface area (Å²) in [5, 5.41) is 8.05. The zero-order valence-electron chi connectivity index (χ0n) is 16.7. The van der Waals surface area contributed by atoms with Gasteiger partial charge in [0, 0.05) is 37.3 Å². The molecule has 3 aromatic rings. The second-order valence-corrected chi connectivity index (χ2v) is 7.48. The van der Waals surface area contributed by atoms with Crippen molar-refractivity contribution in [1.82, 2.24) is 15.4 Å². The molecule has 28 heavy (non-hydrogen) atoms. The molecule has 1 aliphatic heterocycles. The average molecular weight is 378 g/mol. The highest BCUT2D eigenvalue weighted by atomic mass is 16.5. The van der Waals surface area contributed by atoms with E-state index in [0.29, 0.717) is 19.6 Å². The maximum Gasteiger partial charge on any atom is 0.317 e. The van der Waals surface area contributed by atoms with Gasteiger partial charge in [-0.2, -0.15) is 0 Å². The number of hydrogen-bond acceptors (Lipinski definition) is 4. The first kappa shape index (κ1) is 18.3. The van der Waals surface area contributed by atoms with Gasteiger partial charge in [-0.1, -0.05) is 28.9 Å². The van der Waals surface area contributed by atoms with E-state index in [2.05, 4.69) is 47.4 Å². The van der Waals surface area contributed by atoms with Crippen molar-refractivity contribution in [2.24, 2.45) is 0 Å². The molecule has 1 saturated heterocycles. The van der Waals surface area contributed by atoms with Gasteiger partial charge in [-0.3, -0.25) is 0 Å². The molecule has 0 saturated carbocycles. The summed E-state index contributed by atoms with van der Waals surface area (Å²) in [5.41, 5.74) is 6.54. The van der Waals surface area contributed by atoms with Crippen LogP contribution in [0.4, 0.5) is 10.5 Å². The predicted molar refractivity (Wildman–Crippen MR) is 111 cm³/mol. The Labute approximate surface area is 165 Å². The number of aromatic nitrogens is 1. The fourth-order valence-corrected chi connectivity index (χ4v) is 3.73. The van der Waals surface area contributed by atoms with Crippen LogP contribution >= 0.6 is 0 Å². The number of amides is 2.